The maximum Gasteiger partial charge on any atom is 0.129 e. The van der Waals surface area contributed by atoms with E-state index in [1.807, 2.05) is 0 Å². The Kier molecular flexibility index (Phi) is 2.48. The Morgan fingerprint density at radius 3 is 2.73 bits per heavy atom. The van der Waals surface area contributed by atoms with Crippen molar-refractivity contribution in [1.82, 2.24) is 4.98 Å². The molecule has 3 heteroatoms. The SMILES string of the molecule is C[Si](C)(C)C#Cc1[c]ncs1. The molecule has 0 spiro atoms. The molecule has 0 aliphatic carbocycles. The lowest BCUT2D eigenvalue weighted by molar-refractivity contribution is 1.40. The minimum atomic E-state index is -1.22. The molecule has 1 aromatic rings. The van der Waals surface area contributed by atoms with Gasteiger partial charge in [-0.1, -0.05) is 25.6 Å². The molecule has 57 valence electrons. The summed E-state index contributed by atoms with van der Waals surface area (Å²) in [6, 6.07) is 0. The highest BCUT2D eigenvalue weighted by Gasteiger charge is 2.07. The van der Waals surface area contributed by atoms with Crippen LogP contribution in [0.15, 0.2) is 5.51 Å². The summed E-state index contributed by atoms with van der Waals surface area (Å²) in [6.07, 6.45) is 2.83. The molecule has 11 heavy (non-hydrogen) atoms. The highest BCUT2D eigenvalue weighted by molar-refractivity contribution is 7.10. The van der Waals surface area contributed by atoms with E-state index in [2.05, 4.69) is 42.3 Å². The van der Waals surface area contributed by atoms with Gasteiger partial charge in [0, 0.05) is 0 Å². The van der Waals surface area contributed by atoms with Crippen molar-refractivity contribution in [3.05, 3.63) is 16.6 Å². The number of hydrogen-bond acceptors (Lipinski definition) is 2. The summed E-state index contributed by atoms with van der Waals surface area (Å²) in [6.45, 7) is 6.67. The van der Waals surface area contributed by atoms with E-state index >= 15 is 0 Å². The maximum absolute atomic E-state index is 3.83. The first kappa shape index (κ1) is 8.50. The fourth-order valence-electron chi connectivity index (χ4n) is 0.492. The third-order valence-electron chi connectivity index (χ3n) is 0.940. The predicted octanol–water partition coefficient (Wildman–Crippen LogP) is 2.17. The molecule has 1 nitrogen and oxygen atoms in total. The van der Waals surface area contributed by atoms with Gasteiger partial charge in [0.1, 0.15) is 19.1 Å². The molecule has 0 atom stereocenters. The average molecular weight is 180 g/mol. The van der Waals surface area contributed by atoms with Crippen molar-refractivity contribution in [2.75, 3.05) is 0 Å². The molecule has 1 rings (SSSR count). The van der Waals surface area contributed by atoms with E-state index in [-0.39, 0.29) is 0 Å². The molecule has 0 N–H and O–H groups in total. The number of thiazole rings is 1. The molecular weight excluding hydrogens is 170 g/mol. The summed E-state index contributed by atoms with van der Waals surface area (Å²) >= 11 is 1.55. The van der Waals surface area contributed by atoms with Crippen LogP contribution in [0.2, 0.25) is 19.6 Å². The van der Waals surface area contributed by atoms with Crippen LogP contribution in [0.4, 0.5) is 0 Å². The van der Waals surface area contributed by atoms with Gasteiger partial charge in [-0.15, -0.1) is 16.9 Å². The first-order chi connectivity index (χ1) is 5.08. The summed E-state index contributed by atoms with van der Waals surface area (Å²) in [5.41, 5.74) is 5.01. The summed E-state index contributed by atoms with van der Waals surface area (Å²) in [7, 11) is -1.22. The fraction of sp³-hybridized carbons (Fsp3) is 0.375. The Morgan fingerprint density at radius 1 is 1.55 bits per heavy atom. The lowest BCUT2D eigenvalue weighted by Crippen LogP contribution is -2.16. The normalized spacial score (nSPS) is 10.5. The molecule has 1 heterocycles. The van der Waals surface area contributed by atoms with Crippen LogP contribution in [0, 0.1) is 17.7 Å². The number of aromatic nitrogens is 1. The van der Waals surface area contributed by atoms with Crippen LogP contribution in [-0.2, 0) is 0 Å². The summed E-state index contributed by atoms with van der Waals surface area (Å²) < 4.78 is 0. The Bertz CT molecular complexity index is 273. The van der Waals surface area contributed by atoms with Crippen LogP contribution in [0.5, 0.6) is 0 Å². The van der Waals surface area contributed by atoms with Crippen molar-refractivity contribution in [2.24, 2.45) is 0 Å². The van der Waals surface area contributed by atoms with Crippen LogP contribution in [0.25, 0.3) is 0 Å². The Hall–Kier alpha value is -0.593. The van der Waals surface area contributed by atoms with Crippen molar-refractivity contribution < 1.29 is 0 Å². The monoisotopic (exact) mass is 180 g/mol. The number of hydrogen-bond donors (Lipinski definition) is 0. The van der Waals surface area contributed by atoms with E-state index in [4.69, 9.17) is 0 Å². The standard InChI is InChI=1S/C8H10NSSi/c1-11(2,3)5-4-8-6-9-7-10-8/h7H,1-3H3. The molecule has 0 unspecified atom stereocenters. The lowest BCUT2D eigenvalue weighted by atomic mass is 10.6. The molecule has 0 fully saturated rings. The van der Waals surface area contributed by atoms with E-state index in [1.54, 1.807) is 16.8 Å². The van der Waals surface area contributed by atoms with Crippen LogP contribution in [0.3, 0.4) is 0 Å². The van der Waals surface area contributed by atoms with E-state index in [1.165, 1.54) is 0 Å². The molecule has 0 amide bonds. The van der Waals surface area contributed by atoms with Crippen LogP contribution in [-0.4, -0.2) is 13.1 Å². The first-order valence-electron chi connectivity index (χ1n) is 3.42. The largest absolute Gasteiger partial charge is 0.242 e. The number of rotatable bonds is 0. The zero-order valence-corrected chi connectivity index (χ0v) is 8.75. The van der Waals surface area contributed by atoms with Crippen molar-refractivity contribution in [1.29, 1.82) is 0 Å². The van der Waals surface area contributed by atoms with Crippen LogP contribution < -0.4 is 0 Å². The average Bonchev–Trinajstić information content (AvgIpc) is 2.32. The summed E-state index contributed by atoms with van der Waals surface area (Å²) in [5, 5.41) is 0. The van der Waals surface area contributed by atoms with E-state index < -0.39 is 8.07 Å². The number of nitrogens with zero attached hydrogens (tertiary/aromatic N) is 1. The van der Waals surface area contributed by atoms with E-state index in [0.717, 1.165) is 4.88 Å². The minimum absolute atomic E-state index is 0.951. The Labute approximate surface area is 72.5 Å². The summed E-state index contributed by atoms with van der Waals surface area (Å²) in [5.74, 6) is 3.08. The second kappa shape index (κ2) is 3.20. The molecule has 1 radical (unpaired) electrons. The second-order valence-electron chi connectivity index (χ2n) is 3.29. The van der Waals surface area contributed by atoms with Gasteiger partial charge < -0.3 is 0 Å². The Balaban J connectivity index is 2.74. The molecule has 0 bridgehead atoms. The predicted molar refractivity (Wildman–Crippen MR) is 51.2 cm³/mol. The highest BCUT2D eigenvalue weighted by Crippen LogP contribution is 2.03. The van der Waals surface area contributed by atoms with E-state index in [9.17, 15) is 0 Å². The van der Waals surface area contributed by atoms with E-state index in [0.29, 0.717) is 0 Å². The molecule has 0 aliphatic heterocycles. The molecule has 1 aromatic heterocycles. The van der Waals surface area contributed by atoms with Gasteiger partial charge in [0.05, 0.1) is 5.51 Å². The molecule has 0 saturated heterocycles. The van der Waals surface area contributed by atoms with Gasteiger partial charge in [0.15, 0.2) is 0 Å². The second-order valence-corrected chi connectivity index (χ2v) is 8.90. The van der Waals surface area contributed by atoms with Crippen molar-refractivity contribution in [3.63, 3.8) is 0 Å². The molecular formula is C8H10NSSi. The van der Waals surface area contributed by atoms with Crippen molar-refractivity contribution >= 4 is 19.4 Å². The molecule has 0 aromatic carbocycles. The third-order valence-corrected chi connectivity index (χ3v) is 2.46. The minimum Gasteiger partial charge on any atom is -0.242 e. The van der Waals surface area contributed by atoms with Gasteiger partial charge in [-0.25, -0.2) is 4.98 Å². The zero-order valence-electron chi connectivity index (χ0n) is 6.93. The van der Waals surface area contributed by atoms with Gasteiger partial charge in [-0.2, -0.15) is 0 Å². The van der Waals surface area contributed by atoms with Crippen LogP contribution >= 0.6 is 11.3 Å². The van der Waals surface area contributed by atoms with Gasteiger partial charge in [0.25, 0.3) is 0 Å². The third kappa shape index (κ3) is 3.35. The zero-order chi connectivity index (χ0) is 8.32. The van der Waals surface area contributed by atoms with Gasteiger partial charge in [0.2, 0.25) is 0 Å². The van der Waals surface area contributed by atoms with Crippen LogP contribution in [0.1, 0.15) is 4.88 Å². The van der Waals surface area contributed by atoms with Crippen molar-refractivity contribution in [3.8, 4) is 11.5 Å². The van der Waals surface area contributed by atoms with Crippen molar-refractivity contribution in [2.45, 2.75) is 19.6 Å². The smallest absolute Gasteiger partial charge is 0.129 e. The van der Waals surface area contributed by atoms with Gasteiger partial charge in [-0.3, -0.25) is 0 Å². The molecule has 0 saturated carbocycles. The van der Waals surface area contributed by atoms with Gasteiger partial charge in [-0.05, 0) is 0 Å². The highest BCUT2D eigenvalue weighted by atomic mass is 32.1. The maximum atomic E-state index is 3.83. The topological polar surface area (TPSA) is 12.9 Å². The fourth-order valence-corrected chi connectivity index (χ4v) is 1.51. The first-order valence-corrected chi connectivity index (χ1v) is 7.80. The molecule has 0 aliphatic rings. The Morgan fingerprint density at radius 2 is 2.27 bits per heavy atom. The lowest BCUT2D eigenvalue weighted by Gasteiger charge is -2.02. The van der Waals surface area contributed by atoms with Gasteiger partial charge >= 0.3 is 0 Å². The summed E-state index contributed by atoms with van der Waals surface area (Å²) in [4.78, 5) is 4.78. The quantitative estimate of drug-likeness (QED) is 0.440.